The van der Waals surface area contributed by atoms with Crippen LogP contribution >= 0.6 is 23.2 Å². The molecule has 1 aliphatic carbocycles. The van der Waals surface area contributed by atoms with Crippen molar-refractivity contribution in [3.63, 3.8) is 0 Å². The fourth-order valence-corrected chi connectivity index (χ4v) is 5.48. The van der Waals surface area contributed by atoms with Crippen molar-refractivity contribution in [1.29, 1.82) is 0 Å². The van der Waals surface area contributed by atoms with Gasteiger partial charge in [-0.05, 0) is 84.5 Å². The average Bonchev–Trinajstić information content (AvgIpc) is 3.29. The van der Waals surface area contributed by atoms with Gasteiger partial charge < -0.3 is 9.47 Å². The highest BCUT2D eigenvalue weighted by Crippen LogP contribution is 2.45. The van der Waals surface area contributed by atoms with Gasteiger partial charge in [-0.1, -0.05) is 47.5 Å². The molecule has 3 aromatic carbocycles. The molecule has 0 aromatic heterocycles. The van der Waals surface area contributed by atoms with Crippen LogP contribution in [0.3, 0.4) is 0 Å². The van der Waals surface area contributed by atoms with Gasteiger partial charge in [-0.25, -0.2) is 5.01 Å². The van der Waals surface area contributed by atoms with Gasteiger partial charge in [0.2, 0.25) is 0 Å². The highest BCUT2D eigenvalue weighted by molar-refractivity contribution is 6.36. The number of methoxy groups -OCH3 is 2. The normalized spacial score (nSPS) is 20.2. The first-order valence-corrected chi connectivity index (χ1v) is 12.6. The topological polar surface area (TPSA) is 51.1 Å². The smallest absolute Gasteiger partial charge is 0.276 e. The number of carbonyl (C=O) groups excluding carboxylic acids is 1. The molecule has 0 N–H and O–H groups in total. The molecule has 0 radical (unpaired) electrons. The summed E-state index contributed by atoms with van der Waals surface area (Å²) in [6.45, 7) is 0. The standard InChI is InChI=1S/C29H26Cl2N2O3/c1-35-22-11-6-18(7-12-22)16-20-4-3-5-25-27(20)32-33(28(25)19-8-13-23(36-2)14-9-19)29(34)24-15-10-21(30)17-26(24)31/h6-17,25,28H,3-5H2,1-2H3/b20-16+/t25-,28-/m1/s1. The Hall–Kier alpha value is -3.28. The quantitative estimate of drug-likeness (QED) is 0.351. The van der Waals surface area contributed by atoms with Gasteiger partial charge in [0.15, 0.2) is 0 Å². The molecule has 1 amide bonds. The zero-order valence-corrected chi connectivity index (χ0v) is 21.6. The van der Waals surface area contributed by atoms with E-state index in [1.807, 2.05) is 48.5 Å². The second kappa shape index (κ2) is 10.4. The van der Waals surface area contributed by atoms with Gasteiger partial charge in [0, 0.05) is 10.9 Å². The first-order valence-electron chi connectivity index (χ1n) is 11.8. The molecule has 5 nitrogen and oxygen atoms in total. The van der Waals surface area contributed by atoms with Crippen LogP contribution in [0.2, 0.25) is 10.0 Å². The maximum Gasteiger partial charge on any atom is 0.276 e. The number of hydrogen-bond donors (Lipinski definition) is 0. The summed E-state index contributed by atoms with van der Waals surface area (Å²) in [5.41, 5.74) is 4.55. The van der Waals surface area contributed by atoms with Crippen molar-refractivity contribution in [3.05, 3.63) is 99.0 Å². The maximum absolute atomic E-state index is 13.8. The SMILES string of the molecule is COc1ccc(/C=C2\CCC[C@@H]3C2=NN(C(=O)c2ccc(Cl)cc2Cl)[C@@H]3c2ccc(OC)cc2)cc1. The summed E-state index contributed by atoms with van der Waals surface area (Å²) in [5, 5.41) is 7.34. The predicted molar refractivity (Wildman–Crippen MR) is 144 cm³/mol. The van der Waals surface area contributed by atoms with E-state index in [1.165, 1.54) is 0 Å². The number of ether oxygens (including phenoxy) is 2. The molecule has 7 heteroatoms. The molecule has 184 valence electrons. The Bertz CT molecular complexity index is 1330. The number of halogens is 2. The van der Waals surface area contributed by atoms with Crippen LogP contribution in [0.15, 0.2) is 77.4 Å². The molecule has 1 aliphatic heterocycles. The molecule has 5 rings (SSSR count). The number of hydrazone groups is 1. The minimum Gasteiger partial charge on any atom is -0.497 e. The largest absolute Gasteiger partial charge is 0.497 e. The molecular formula is C29H26Cl2N2O3. The van der Waals surface area contributed by atoms with Gasteiger partial charge in [0.1, 0.15) is 11.5 Å². The third-order valence-corrected chi connectivity index (χ3v) is 7.33. The van der Waals surface area contributed by atoms with Crippen molar-refractivity contribution < 1.29 is 14.3 Å². The molecule has 3 aromatic rings. The van der Waals surface area contributed by atoms with Crippen LogP contribution in [0.4, 0.5) is 0 Å². The summed E-state index contributed by atoms with van der Waals surface area (Å²) in [7, 11) is 3.30. The van der Waals surface area contributed by atoms with Gasteiger partial charge in [0.25, 0.3) is 5.91 Å². The van der Waals surface area contributed by atoms with Crippen molar-refractivity contribution in [2.24, 2.45) is 11.0 Å². The Kier molecular flexibility index (Phi) is 7.04. The fourth-order valence-electron chi connectivity index (χ4n) is 4.99. The van der Waals surface area contributed by atoms with E-state index in [2.05, 4.69) is 6.08 Å². The predicted octanol–water partition coefficient (Wildman–Crippen LogP) is 7.45. The molecule has 0 spiro atoms. The maximum atomic E-state index is 13.8. The van der Waals surface area contributed by atoms with Crippen LogP contribution in [-0.4, -0.2) is 30.8 Å². The van der Waals surface area contributed by atoms with Crippen LogP contribution in [0, 0.1) is 5.92 Å². The van der Waals surface area contributed by atoms with Crippen molar-refractivity contribution in [2.45, 2.75) is 25.3 Å². The number of fused-ring (bicyclic) bond motifs is 1. The van der Waals surface area contributed by atoms with Gasteiger partial charge >= 0.3 is 0 Å². The molecule has 0 saturated heterocycles. The van der Waals surface area contributed by atoms with Crippen LogP contribution in [0.25, 0.3) is 6.08 Å². The van der Waals surface area contributed by atoms with E-state index in [-0.39, 0.29) is 17.9 Å². The molecule has 2 aliphatic rings. The molecule has 36 heavy (non-hydrogen) atoms. The van der Waals surface area contributed by atoms with Gasteiger partial charge in [0.05, 0.1) is 36.6 Å². The number of amides is 1. The number of benzene rings is 3. The fraction of sp³-hybridized carbons (Fsp3) is 0.241. The summed E-state index contributed by atoms with van der Waals surface area (Å²) in [5.74, 6) is 1.41. The lowest BCUT2D eigenvalue weighted by atomic mass is 9.77. The number of rotatable bonds is 5. The van der Waals surface area contributed by atoms with Gasteiger partial charge in [-0.2, -0.15) is 5.10 Å². The molecule has 1 saturated carbocycles. The van der Waals surface area contributed by atoms with Crippen LogP contribution in [0.1, 0.15) is 46.8 Å². The van der Waals surface area contributed by atoms with Crippen molar-refractivity contribution in [2.75, 3.05) is 14.2 Å². The summed E-state index contributed by atoms with van der Waals surface area (Å²) >= 11 is 12.5. The van der Waals surface area contributed by atoms with E-state index < -0.39 is 0 Å². The lowest BCUT2D eigenvalue weighted by molar-refractivity contribution is 0.0681. The molecule has 0 unspecified atom stereocenters. The Morgan fingerprint density at radius 1 is 0.972 bits per heavy atom. The zero-order valence-electron chi connectivity index (χ0n) is 20.1. The summed E-state index contributed by atoms with van der Waals surface area (Å²) in [6, 6.07) is 20.5. The first kappa shape index (κ1) is 24.4. The van der Waals surface area contributed by atoms with Crippen LogP contribution < -0.4 is 9.47 Å². The van der Waals surface area contributed by atoms with Gasteiger partial charge in [-0.3, -0.25) is 4.79 Å². The molecule has 1 fully saturated rings. The summed E-state index contributed by atoms with van der Waals surface area (Å²) in [4.78, 5) is 13.8. The Morgan fingerprint density at radius 3 is 2.28 bits per heavy atom. The second-order valence-corrected chi connectivity index (χ2v) is 9.76. The van der Waals surface area contributed by atoms with E-state index in [0.717, 1.165) is 53.2 Å². The highest BCUT2D eigenvalue weighted by atomic mass is 35.5. The average molecular weight is 521 g/mol. The second-order valence-electron chi connectivity index (χ2n) is 8.92. The van der Waals surface area contributed by atoms with E-state index in [1.54, 1.807) is 37.4 Å². The monoisotopic (exact) mass is 520 g/mol. The van der Waals surface area contributed by atoms with Crippen molar-refractivity contribution in [1.82, 2.24) is 5.01 Å². The van der Waals surface area contributed by atoms with E-state index in [9.17, 15) is 4.79 Å². The molecule has 1 heterocycles. The zero-order chi connectivity index (χ0) is 25.2. The van der Waals surface area contributed by atoms with Gasteiger partial charge in [-0.15, -0.1) is 0 Å². The van der Waals surface area contributed by atoms with Crippen molar-refractivity contribution in [3.8, 4) is 11.5 Å². The first-order chi connectivity index (χ1) is 17.5. The number of nitrogens with zero attached hydrogens (tertiary/aromatic N) is 2. The number of hydrogen-bond acceptors (Lipinski definition) is 4. The molecule has 0 bridgehead atoms. The third kappa shape index (κ3) is 4.73. The van der Waals surface area contributed by atoms with E-state index in [0.29, 0.717) is 15.6 Å². The summed E-state index contributed by atoms with van der Waals surface area (Å²) in [6.07, 6.45) is 5.02. The highest BCUT2D eigenvalue weighted by Gasteiger charge is 2.44. The Morgan fingerprint density at radius 2 is 1.64 bits per heavy atom. The van der Waals surface area contributed by atoms with E-state index in [4.69, 9.17) is 37.8 Å². The molecule has 2 atom stereocenters. The van der Waals surface area contributed by atoms with Crippen LogP contribution in [0.5, 0.6) is 11.5 Å². The summed E-state index contributed by atoms with van der Waals surface area (Å²) < 4.78 is 10.6. The minimum atomic E-state index is -0.247. The third-order valence-electron chi connectivity index (χ3n) is 6.79. The Balaban J connectivity index is 1.57. The number of allylic oxidation sites excluding steroid dienone is 1. The number of carbonyl (C=O) groups is 1. The molecular weight excluding hydrogens is 495 g/mol. The Labute approximate surface area is 220 Å². The minimum absolute atomic E-state index is 0.0756. The van der Waals surface area contributed by atoms with Crippen molar-refractivity contribution >= 4 is 40.9 Å². The lowest BCUT2D eigenvalue weighted by Gasteiger charge is -2.30. The van der Waals surface area contributed by atoms with E-state index >= 15 is 0 Å². The van der Waals surface area contributed by atoms with Crippen LogP contribution in [-0.2, 0) is 0 Å². The lowest BCUT2D eigenvalue weighted by Crippen LogP contribution is -2.32.